The summed E-state index contributed by atoms with van der Waals surface area (Å²) in [4.78, 5) is 9.29. The standard InChI is InChI=1S/C11H18F2N4O/c1-2-3-14-10-6-11(16-8-15-10)17(4-5-18)7-9(12)13/h6,8-9,18H,2-5,7H2,1H3,(H,14,15,16). The summed E-state index contributed by atoms with van der Waals surface area (Å²) in [6.45, 7) is 2.24. The summed E-state index contributed by atoms with van der Waals surface area (Å²) in [6.07, 6.45) is -0.210. The van der Waals surface area contributed by atoms with Gasteiger partial charge in [0.1, 0.15) is 18.0 Å². The maximum absolute atomic E-state index is 12.4. The van der Waals surface area contributed by atoms with E-state index < -0.39 is 13.0 Å². The van der Waals surface area contributed by atoms with E-state index >= 15 is 0 Å². The molecule has 0 unspecified atom stereocenters. The van der Waals surface area contributed by atoms with Crippen molar-refractivity contribution in [3.63, 3.8) is 0 Å². The Hall–Kier alpha value is -1.50. The summed E-state index contributed by atoms with van der Waals surface area (Å²) in [5.41, 5.74) is 0. The van der Waals surface area contributed by atoms with E-state index in [4.69, 9.17) is 5.11 Å². The van der Waals surface area contributed by atoms with Crippen LogP contribution in [0.5, 0.6) is 0 Å². The van der Waals surface area contributed by atoms with Gasteiger partial charge in [0, 0.05) is 19.2 Å². The van der Waals surface area contributed by atoms with E-state index in [1.165, 1.54) is 11.2 Å². The van der Waals surface area contributed by atoms with Crippen molar-refractivity contribution >= 4 is 11.6 Å². The number of aliphatic hydroxyl groups is 1. The van der Waals surface area contributed by atoms with Gasteiger partial charge in [0.05, 0.1) is 13.2 Å². The van der Waals surface area contributed by atoms with Crippen LogP contribution in [0.2, 0.25) is 0 Å². The van der Waals surface area contributed by atoms with Gasteiger partial charge in [-0.05, 0) is 6.42 Å². The first-order valence-electron chi connectivity index (χ1n) is 5.87. The lowest BCUT2D eigenvalue weighted by Crippen LogP contribution is -2.32. The minimum atomic E-state index is -2.47. The molecule has 1 aromatic heterocycles. The second-order valence-corrected chi connectivity index (χ2v) is 3.75. The first-order valence-corrected chi connectivity index (χ1v) is 5.87. The van der Waals surface area contributed by atoms with Crippen molar-refractivity contribution < 1.29 is 13.9 Å². The number of halogens is 2. The van der Waals surface area contributed by atoms with Crippen LogP contribution in [-0.4, -0.2) is 47.7 Å². The first kappa shape index (κ1) is 14.6. The third kappa shape index (κ3) is 4.79. The second-order valence-electron chi connectivity index (χ2n) is 3.75. The van der Waals surface area contributed by atoms with Crippen LogP contribution in [0.15, 0.2) is 12.4 Å². The van der Waals surface area contributed by atoms with E-state index in [0.29, 0.717) is 11.6 Å². The fourth-order valence-electron chi connectivity index (χ4n) is 1.46. The molecule has 0 radical (unpaired) electrons. The molecule has 18 heavy (non-hydrogen) atoms. The minimum absolute atomic E-state index is 0.120. The lowest BCUT2D eigenvalue weighted by molar-refractivity contribution is 0.152. The highest BCUT2D eigenvalue weighted by molar-refractivity contribution is 5.48. The molecule has 1 heterocycles. The van der Waals surface area contributed by atoms with E-state index in [9.17, 15) is 8.78 Å². The molecule has 5 nitrogen and oxygen atoms in total. The summed E-state index contributed by atoms with van der Waals surface area (Å²) in [5.74, 6) is 0.983. The van der Waals surface area contributed by atoms with Crippen molar-refractivity contribution in [1.29, 1.82) is 0 Å². The molecule has 0 aliphatic carbocycles. The number of aromatic nitrogens is 2. The molecule has 0 spiro atoms. The number of nitrogens with zero attached hydrogens (tertiary/aromatic N) is 3. The number of hydrogen-bond donors (Lipinski definition) is 2. The number of aliphatic hydroxyl groups excluding tert-OH is 1. The Kier molecular flexibility index (Phi) is 6.27. The molecular formula is C11H18F2N4O. The number of anilines is 2. The largest absolute Gasteiger partial charge is 0.395 e. The maximum atomic E-state index is 12.4. The average Bonchev–Trinajstić information content (AvgIpc) is 2.36. The highest BCUT2D eigenvalue weighted by atomic mass is 19.3. The van der Waals surface area contributed by atoms with Crippen LogP contribution in [0.4, 0.5) is 20.4 Å². The van der Waals surface area contributed by atoms with E-state index in [-0.39, 0.29) is 13.2 Å². The van der Waals surface area contributed by atoms with Gasteiger partial charge in [-0.15, -0.1) is 0 Å². The normalized spacial score (nSPS) is 10.7. The predicted octanol–water partition coefficient (Wildman–Crippen LogP) is 1.36. The monoisotopic (exact) mass is 260 g/mol. The van der Waals surface area contributed by atoms with Crippen LogP contribution in [0.3, 0.4) is 0 Å². The molecule has 0 saturated carbocycles. The molecular weight excluding hydrogens is 242 g/mol. The fourth-order valence-corrected chi connectivity index (χ4v) is 1.46. The number of nitrogens with one attached hydrogen (secondary N) is 1. The Morgan fingerprint density at radius 3 is 2.83 bits per heavy atom. The quantitative estimate of drug-likeness (QED) is 0.739. The van der Waals surface area contributed by atoms with Crippen molar-refractivity contribution in [3.8, 4) is 0 Å². The number of alkyl halides is 2. The third-order valence-electron chi connectivity index (χ3n) is 2.26. The zero-order valence-electron chi connectivity index (χ0n) is 10.3. The molecule has 0 fully saturated rings. The summed E-state index contributed by atoms with van der Waals surface area (Å²) < 4.78 is 24.8. The zero-order valence-corrected chi connectivity index (χ0v) is 10.3. The van der Waals surface area contributed by atoms with Gasteiger partial charge in [-0.25, -0.2) is 18.7 Å². The highest BCUT2D eigenvalue weighted by Crippen LogP contribution is 2.15. The van der Waals surface area contributed by atoms with Crippen LogP contribution in [-0.2, 0) is 0 Å². The molecule has 2 N–H and O–H groups in total. The summed E-state index contributed by atoms with van der Waals surface area (Å²) in [5, 5.41) is 11.9. The molecule has 0 bridgehead atoms. The lowest BCUT2D eigenvalue weighted by Gasteiger charge is -2.22. The van der Waals surface area contributed by atoms with Crippen LogP contribution in [0.25, 0.3) is 0 Å². The van der Waals surface area contributed by atoms with Gasteiger partial charge in [0.2, 0.25) is 0 Å². The van der Waals surface area contributed by atoms with E-state index in [1.54, 1.807) is 6.07 Å². The minimum Gasteiger partial charge on any atom is -0.395 e. The van der Waals surface area contributed by atoms with Crippen LogP contribution in [0, 0.1) is 0 Å². The van der Waals surface area contributed by atoms with E-state index in [1.807, 2.05) is 6.92 Å². The molecule has 0 saturated heterocycles. The highest BCUT2D eigenvalue weighted by Gasteiger charge is 2.14. The predicted molar refractivity (Wildman–Crippen MR) is 66.1 cm³/mol. The summed E-state index contributed by atoms with van der Waals surface area (Å²) in [7, 11) is 0. The van der Waals surface area contributed by atoms with Gasteiger partial charge in [0.25, 0.3) is 6.43 Å². The van der Waals surface area contributed by atoms with E-state index in [2.05, 4.69) is 15.3 Å². The zero-order chi connectivity index (χ0) is 13.4. The van der Waals surface area contributed by atoms with Crippen molar-refractivity contribution in [3.05, 3.63) is 12.4 Å². The molecule has 7 heteroatoms. The Morgan fingerprint density at radius 1 is 1.44 bits per heavy atom. The van der Waals surface area contributed by atoms with Gasteiger partial charge in [-0.1, -0.05) is 6.92 Å². The Morgan fingerprint density at radius 2 is 2.22 bits per heavy atom. The summed E-state index contributed by atoms with van der Waals surface area (Å²) >= 11 is 0. The number of hydrogen-bond acceptors (Lipinski definition) is 5. The molecule has 0 aliphatic heterocycles. The number of rotatable bonds is 8. The van der Waals surface area contributed by atoms with E-state index in [0.717, 1.165) is 13.0 Å². The summed E-state index contributed by atoms with van der Waals surface area (Å²) in [6, 6.07) is 1.60. The Bertz CT molecular complexity index is 352. The molecule has 0 aliphatic rings. The molecule has 1 aromatic rings. The average molecular weight is 260 g/mol. The van der Waals surface area contributed by atoms with Gasteiger partial charge in [-0.2, -0.15) is 0 Å². The van der Waals surface area contributed by atoms with Crippen molar-refractivity contribution in [2.24, 2.45) is 0 Å². The van der Waals surface area contributed by atoms with Gasteiger partial charge < -0.3 is 15.3 Å². The molecule has 0 amide bonds. The van der Waals surface area contributed by atoms with Crippen LogP contribution >= 0.6 is 0 Å². The molecule has 0 atom stereocenters. The van der Waals surface area contributed by atoms with Crippen molar-refractivity contribution in [1.82, 2.24) is 9.97 Å². The fraction of sp³-hybridized carbons (Fsp3) is 0.636. The second kappa shape index (κ2) is 7.75. The van der Waals surface area contributed by atoms with Gasteiger partial charge in [0.15, 0.2) is 0 Å². The third-order valence-corrected chi connectivity index (χ3v) is 2.26. The Labute approximate surface area is 105 Å². The molecule has 1 rings (SSSR count). The van der Waals surface area contributed by atoms with Crippen molar-refractivity contribution in [2.45, 2.75) is 19.8 Å². The van der Waals surface area contributed by atoms with Gasteiger partial charge in [-0.3, -0.25) is 0 Å². The Balaban J connectivity index is 2.76. The topological polar surface area (TPSA) is 61.3 Å². The molecule has 102 valence electrons. The van der Waals surface area contributed by atoms with Crippen LogP contribution < -0.4 is 10.2 Å². The maximum Gasteiger partial charge on any atom is 0.255 e. The SMILES string of the molecule is CCCNc1cc(N(CCO)CC(F)F)ncn1. The van der Waals surface area contributed by atoms with Crippen LogP contribution in [0.1, 0.15) is 13.3 Å². The molecule has 0 aromatic carbocycles. The van der Waals surface area contributed by atoms with Gasteiger partial charge >= 0.3 is 0 Å². The lowest BCUT2D eigenvalue weighted by atomic mass is 10.4. The smallest absolute Gasteiger partial charge is 0.255 e. The van der Waals surface area contributed by atoms with Crippen molar-refractivity contribution in [2.75, 3.05) is 36.5 Å². The first-order chi connectivity index (χ1) is 8.67.